The van der Waals surface area contributed by atoms with Crippen LogP contribution in [0.1, 0.15) is 33.1 Å². The van der Waals surface area contributed by atoms with E-state index in [4.69, 9.17) is 4.74 Å². The Labute approximate surface area is 236 Å². The Morgan fingerprint density at radius 1 is 1.24 bits per heavy atom. The first-order valence-electron chi connectivity index (χ1n) is 13.0. The Kier molecular flexibility index (Phi) is 10.5. The number of carbonyl (C=O) groups excluding carboxylic acids is 1. The van der Waals surface area contributed by atoms with E-state index in [0.717, 1.165) is 35.7 Å². The number of hydrogen-bond donors (Lipinski definition) is 4. The number of ether oxygens (including phenoxy) is 1. The van der Waals surface area contributed by atoms with Gasteiger partial charge in [-0.3, -0.25) is 9.69 Å². The molecular formula is C26H38N4O5S3. The maximum absolute atomic E-state index is 13.6. The van der Waals surface area contributed by atoms with Crippen LogP contribution in [0.2, 0.25) is 0 Å². The molecule has 0 saturated carbocycles. The zero-order valence-electron chi connectivity index (χ0n) is 22.1. The average Bonchev–Trinajstić information content (AvgIpc) is 3.53. The second-order valence-electron chi connectivity index (χ2n) is 10.1. The minimum Gasteiger partial charge on any atom is -0.388 e. The fourth-order valence-corrected chi connectivity index (χ4v) is 8.00. The molecule has 9 nitrogen and oxygen atoms in total. The molecule has 5 unspecified atom stereocenters. The van der Waals surface area contributed by atoms with E-state index in [0.29, 0.717) is 11.7 Å². The molecule has 1 aromatic heterocycles. The molecule has 12 heteroatoms. The summed E-state index contributed by atoms with van der Waals surface area (Å²) in [5.74, 6) is 0.983. The number of aliphatic hydroxyl groups excluding tert-OH is 3. The number of benzene rings is 1. The quantitative estimate of drug-likeness (QED) is 0.310. The number of aliphatic hydroxyl groups is 3. The van der Waals surface area contributed by atoms with Gasteiger partial charge in [0, 0.05) is 17.4 Å². The molecule has 9 atom stereocenters. The van der Waals surface area contributed by atoms with E-state index >= 15 is 0 Å². The van der Waals surface area contributed by atoms with Crippen LogP contribution in [-0.4, -0.2) is 103 Å². The number of hydrogen-bond acceptors (Lipinski definition) is 11. The molecule has 0 radical (unpaired) electrons. The summed E-state index contributed by atoms with van der Waals surface area (Å²) in [5, 5.41) is 34.8. The van der Waals surface area contributed by atoms with Crippen molar-refractivity contribution in [3.63, 3.8) is 0 Å². The third-order valence-corrected chi connectivity index (χ3v) is 10.2. The summed E-state index contributed by atoms with van der Waals surface area (Å²) in [5.41, 5.74) is 0.189. The first kappa shape index (κ1) is 29.7. The van der Waals surface area contributed by atoms with E-state index in [9.17, 15) is 20.1 Å². The Bertz CT molecular complexity index is 1040. The average molecular weight is 583 g/mol. The molecule has 4 rings (SSSR count). The summed E-state index contributed by atoms with van der Waals surface area (Å²) in [6, 6.07) is 8.80. The number of carbonyl (C=O) groups is 1. The van der Waals surface area contributed by atoms with Gasteiger partial charge in [-0.15, -0.1) is 11.8 Å². The van der Waals surface area contributed by atoms with Gasteiger partial charge in [0.05, 0.1) is 12.1 Å². The van der Waals surface area contributed by atoms with Crippen molar-refractivity contribution in [3.8, 4) is 11.4 Å². The van der Waals surface area contributed by atoms with Gasteiger partial charge in [0.25, 0.3) is 0 Å². The smallest absolute Gasteiger partial charge is 0.237 e. The Balaban J connectivity index is 1.55. The predicted octanol–water partition coefficient (Wildman–Crippen LogP) is 2.46. The third kappa shape index (κ3) is 6.72. The normalized spacial score (nSPS) is 31.7. The van der Waals surface area contributed by atoms with E-state index in [-0.39, 0.29) is 17.2 Å². The molecule has 2 fully saturated rings. The first-order chi connectivity index (χ1) is 18.2. The van der Waals surface area contributed by atoms with Gasteiger partial charge in [-0.2, -0.15) is 4.37 Å². The number of thioether (sulfide) groups is 2. The Morgan fingerprint density at radius 3 is 2.66 bits per heavy atom. The molecule has 38 heavy (non-hydrogen) atoms. The maximum Gasteiger partial charge on any atom is 0.237 e. The van der Waals surface area contributed by atoms with Crippen LogP contribution >= 0.6 is 35.1 Å². The van der Waals surface area contributed by atoms with Gasteiger partial charge < -0.3 is 25.4 Å². The van der Waals surface area contributed by atoms with Crippen LogP contribution in [0.5, 0.6) is 0 Å². The summed E-state index contributed by atoms with van der Waals surface area (Å²) in [6.45, 7) is 4.97. The SMILES string of the molecule is CCC[C@@H]1C[C@H](C(=O)N[C@H](C2OC(SC)C(O)C(O)C2O)[C@@H](C)Sc2nc(-c3ccccc3)ns2)N(C)C1. The lowest BCUT2D eigenvalue weighted by Gasteiger charge is -2.44. The molecule has 1 aromatic carbocycles. The lowest BCUT2D eigenvalue weighted by molar-refractivity contribution is -0.205. The van der Waals surface area contributed by atoms with Gasteiger partial charge in [-0.25, -0.2) is 4.98 Å². The van der Waals surface area contributed by atoms with Crippen LogP contribution in [0.25, 0.3) is 11.4 Å². The molecule has 0 bridgehead atoms. The molecule has 2 aromatic rings. The topological polar surface area (TPSA) is 128 Å². The predicted molar refractivity (Wildman–Crippen MR) is 152 cm³/mol. The van der Waals surface area contributed by atoms with Crippen LogP contribution in [0.15, 0.2) is 34.7 Å². The number of rotatable bonds is 10. The van der Waals surface area contributed by atoms with Crippen LogP contribution < -0.4 is 5.32 Å². The van der Waals surface area contributed by atoms with E-state index in [1.807, 2.05) is 44.3 Å². The van der Waals surface area contributed by atoms with Crippen molar-refractivity contribution in [1.29, 1.82) is 0 Å². The number of amides is 1. The molecule has 0 aliphatic carbocycles. The van der Waals surface area contributed by atoms with Crippen molar-refractivity contribution in [2.24, 2.45) is 5.92 Å². The summed E-state index contributed by atoms with van der Waals surface area (Å²) >= 11 is 3.98. The van der Waals surface area contributed by atoms with E-state index in [1.54, 1.807) is 6.26 Å². The standard InChI is InChI=1S/C26H38N4O5S3/c1-5-9-15-12-17(30(3)13-15)24(34)27-18(22-20(32)19(31)21(33)25(35-22)36-4)14(2)37-26-28-23(29-38-26)16-10-7-6-8-11-16/h6-8,10-11,14-15,17-22,25,31-33H,5,9,12-13H2,1-4H3,(H,27,34)/t14-,15-,17-,18+,19?,20?,21?,22?,25?/m1/s1. The molecule has 210 valence electrons. The van der Waals surface area contributed by atoms with Gasteiger partial charge in [0.2, 0.25) is 5.91 Å². The number of aromatic nitrogens is 2. The monoisotopic (exact) mass is 582 g/mol. The highest BCUT2D eigenvalue weighted by molar-refractivity contribution is 8.01. The van der Waals surface area contributed by atoms with Crippen molar-refractivity contribution in [3.05, 3.63) is 30.3 Å². The minimum absolute atomic E-state index is 0.122. The molecule has 2 saturated heterocycles. The number of nitrogens with one attached hydrogen (secondary N) is 1. The van der Waals surface area contributed by atoms with Crippen LogP contribution in [0.4, 0.5) is 0 Å². The first-order valence-corrected chi connectivity index (χ1v) is 16.0. The van der Waals surface area contributed by atoms with Gasteiger partial charge in [0.1, 0.15) is 29.9 Å². The van der Waals surface area contributed by atoms with E-state index < -0.39 is 35.9 Å². The van der Waals surface area contributed by atoms with Crippen molar-refractivity contribution in [1.82, 2.24) is 19.6 Å². The summed E-state index contributed by atoms with van der Waals surface area (Å²) < 4.78 is 11.3. The Morgan fingerprint density at radius 2 is 1.97 bits per heavy atom. The van der Waals surface area contributed by atoms with Crippen molar-refractivity contribution in [2.75, 3.05) is 19.8 Å². The van der Waals surface area contributed by atoms with Crippen molar-refractivity contribution >= 4 is 41.0 Å². The highest BCUT2D eigenvalue weighted by Crippen LogP contribution is 2.35. The highest BCUT2D eigenvalue weighted by atomic mass is 32.2. The lowest BCUT2D eigenvalue weighted by atomic mass is 9.92. The van der Waals surface area contributed by atoms with Gasteiger partial charge in [-0.1, -0.05) is 62.4 Å². The fraction of sp³-hybridized carbons (Fsp3) is 0.654. The van der Waals surface area contributed by atoms with Gasteiger partial charge in [-0.05, 0) is 43.6 Å². The molecule has 0 spiro atoms. The van der Waals surface area contributed by atoms with Gasteiger partial charge >= 0.3 is 0 Å². The molecule has 3 heterocycles. The summed E-state index contributed by atoms with van der Waals surface area (Å²) in [7, 11) is 1.97. The number of likely N-dealkylation sites (tertiary alicyclic amines) is 1. The Hall–Kier alpha value is -1.25. The maximum atomic E-state index is 13.6. The fourth-order valence-electron chi connectivity index (χ4n) is 5.32. The van der Waals surface area contributed by atoms with Crippen LogP contribution in [0, 0.1) is 5.92 Å². The molecule has 2 aliphatic rings. The molecule has 4 N–H and O–H groups in total. The molecule has 1 amide bonds. The zero-order valence-corrected chi connectivity index (χ0v) is 24.6. The molecule has 2 aliphatic heterocycles. The zero-order chi connectivity index (χ0) is 27.4. The lowest BCUT2D eigenvalue weighted by Crippen LogP contribution is -2.65. The molecular weight excluding hydrogens is 545 g/mol. The number of likely N-dealkylation sites (N-methyl/N-ethyl adjacent to an activating group) is 1. The summed E-state index contributed by atoms with van der Waals surface area (Å²) in [6.07, 6.45) is -0.204. The van der Waals surface area contributed by atoms with Crippen molar-refractivity contribution < 1.29 is 24.9 Å². The van der Waals surface area contributed by atoms with E-state index in [2.05, 4.69) is 26.5 Å². The second kappa shape index (κ2) is 13.4. The van der Waals surface area contributed by atoms with E-state index in [1.165, 1.54) is 35.1 Å². The van der Waals surface area contributed by atoms with Crippen LogP contribution in [0.3, 0.4) is 0 Å². The largest absolute Gasteiger partial charge is 0.388 e. The minimum atomic E-state index is -1.39. The second-order valence-corrected chi connectivity index (χ2v) is 13.4. The van der Waals surface area contributed by atoms with Gasteiger partial charge in [0.15, 0.2) is 10.2 Å². The van der Waals surface area contributed by atoms with Crippen molar-refractivity contribution in [2.45, 2.75) is 84.6 Å². The third-order valence-electron chi connectivity index (χ3n) is 7.37. The number of nitrogens with zero attached hydrogens (tertiary/aromatic N) is 3. The highest BCUT2D eigenvalue weighted by Gasteiger charge is 2.49. The summed E-state index contributed by atoms with van der Waals surface area (Å²) in [4.78, 5) is 20.3. The van der Waals surface area contributed by atoms with Crippen LogP contribution in [-0.2, 0) is 9.53 Å².